The van der Waals surface area contributed by atoms with Crippen LogP contribution in [0, 0.1) is 12.7 Å². The Morgan fingerprint density at radius 1 is 1.17 bits per heavy atom. The second kappa shape index (κ2) is 6.89. The van der Waals surface area contributed by atoms with Gasteiger partial charge in [-0.05, 0) is 43.3 Å². The molecule has 5 nitrogen and oxygen atoms in total. The smallest absolute Gasteiger partial charge is 0.240 e. The van der Waals surface area contributed by atoms with Crippen LogP contribution >= 0.6 is 0 Å². The summed E-state index contributed by atoms with van der Waals surface area (Å²) in [5.74, 6) is -0.878. The SMILES string of the molecule is CNS(=O)(=O)c1cc(NC(=O)Cc2ccccc2F)ccc1C. The summed E-state index contributed by atoms with van der Waals surface area (Å²) in [6, 6.07) is 10.6. The van der Waals surface area contributed by atoms with Gasteiger partial charge in [0.05, 0.1) is 11.3 Å². The first-order valence-electron chi connectivity index (χ1n) is 6.91. The Morgan fingerprint density at radius 3 is 2.52 bits per heavy atom. The Labute approximate surface area is 134 Å². The molecule has 0 fully saturated rings. The van der Waals surface area contributed by atoms with Gasteiger partial charge in [0.1, 0.15) is 5.82 Å². The number of aryl methyl sites for hydroxylation is 1. The molecule has 0 atom stereocenters. The molecule has 0 saturated carbocycles. The van der Waals surface area contributed by atoms with Crippen molar-refractivity contribution in [2.75, 3.05) is 12.4 Å². The number of rotatable bonds is 5. The van der Waals surface area contributed by atoms with Crippen molar-refractivity contribution in [3.8, 4) is 0 Å². The molecular weight excluding hydrogens is 319 g/mol. The largest absolute Gasteiger partial charge is 0.326 e. The lowest BCUT2D eigenvalue weighted by Gasteiger charge is -2.10. The number of anilines is 1. The summed E-state index contributed by atoms with van der Waals surface area (Å²) in [6.45, 7) is 1.66. The predicted octanol–water partition coefficient (Wildman–Crippen LogP) is 2.22. The summed E-state index contributed by atoms with van der Waals surface area (Å²) in [5.41, 5.74) is 1.18. The molecule has 122 valence electrons. The second-order valence-electron chi connectivity index (χ2n) is 5.00. The molecule has 0 spiro atoms. The summed E-state index contributed by atoms with van der Waals surface area (Å²) >= 11 is 0. The molecule has 0 radical (unpaired) electrons. The van der Waals surface area contributed by atoms with Crippen LogP contribution in [0.1, 0.15) is 11.1 Å². The molecule has 1 amide bonds. The van der Waals surface area contributed by atoms with Crippen molar-refractivity contribution in [1.29, 1.82) is 0 Å². The minimum absolute atomic E-state index is 0.0868. The van der Waals surface area contributed by atoms with Gasteiger partial charge in [-0.1, -0.05) is 24.3 Å². The molecule has 0 bridgehead atoms. The maximum atomic E-state index is 13.5. The monoisotopic (exact) mass is 336 g/mol. The third-order valence-electron chi connectivity index (χ3n) is 3.34. The average Bonchev–Trinajstić information content (AvgIpc) is 2.51. The number of nitrogens with one attached hydrogen (secondary N) is 2. The summed E-state index contributed by atoms with van der Waals surface area (Å²) < 4.78 is 39.6. The lowest BCUT2D eigenvalue weighted by molar-refractivity contribution is -0.115. The van der Waals surface area contributed by atoms with Crippen LogP contribution in [0.4, 0.5) is 10.1 Å². The molecule has 0 aliphatic carbocycles. The summed E-state index contributed by atoms with van der Waals surface area (Å²) in [6.07, 6.45) is -0.130. The Kier molecular flexibility index (Phi) is 5.12. The van der Waals surface area contributed by atoms with E-state index in [0.29, 0.717) is 11.3 Å². The molecule has 23 heavy (non-hydrogen) atoms. The molecule has 0 unspecified atom stereocenters. The van der Waals surface area contributed by atoms with Crippen LogP contribution in [0.5, 0.6) is 0 Å². The summed E-state index contributed by atoms with van der Waals surface area (Å²) in [5, 5.41) is 2.58. The minimum Gasteiger partial charge on any atom is -0.326 e. The molecule has 0 aliphatic rings. The van der Waals surface area contributed by atoms with Crippen LogP contribution in [0.25, 0.3) is 0 Å². The first-order valence-corrected chi connectivity index (χ1v) is 8.39. The fraction of sp³-hybridized carbons (Fsp3) is 0.188. The number of halogens is 1. The first-order chi connectivity index (χ1) is 10.8. The maximum absolute atomic E-state index is 13.5. The maximum Gasteiger partial charge on any atom is 0.240 e. The Bertz CT molecular complexity index is 835. The molecule has 0 heterocycles. The molecule has 0 saturated heterocycles. The van der Waals surface area contributed by atoms with Crippen molar-refractivity contribution in [1.82, 2.24) is 4.72 Å². The molecule has 2 aromatic carbocycles. The number of benzene rings is 2. The molecule has 2 rings (SSSR count). The van der Waals surface area contributed by atoms with Crippen LogP contribution in [0.2, 0.25) is 0 Å². The first kappa shape index (κ1) is 17.1. The summed E-state index contributed by atoms with van der Waals surface area (Å²) in [7, 11) is -2.30. The van der Waals surface area contributed by atoms with E-state index in [-0.39, 0.29) is 16.9 Å². The van der Waals surface area contributed by atoms with Gasteiger partial charge in [0, 0.05) is 5.69 Å². The average molecular weight is 336 g/mol. The quantitative estimate of drug-likeness (QED) is 0.879. The third kappa shape index (κ3) is 4.14. The van der Waals surface area contributed by atoms with E-state index in [2.05, 4.69) is 10.0 Å². The fourth-order valence-electron chi connectivity index (χ4n) is 2.10. The van der Waals surface area contributed by atoms with Crippen LogP contribution in [0.3, 0.4) is 0 Å². The zero-order chi connectivity index (χ0) is 17.0. The molecule has 0 aromatic heterocycles. The normalized spacial score (nSPS) is 11.3. The number of carbonyl (C=O) groups excluding carboxylic acids is 1. The van der Waals surface area contributed by atoms with Gasteiger partial charge in [-0.25, -0.2) is 17.5 Å². The zero-order valence-corrected chi connectivity index (χ0v) is 13.6. The second-order valence-corrected chi connectivity index (χ2v) is 6.86. The van der Waals surface area contributed by atoms with E-state index in [4.69, 9.17) is 0 Å². The minimum atomic E-state index is -3.61. The Hall–Kier alpha value is -2.25. The lowest BCUT2D eigenvalue weighted by Crippen LogP contribution is -2.20. The number of carbonyl (C=O) groups is 1. The third-order valence-corrected chi connectivity index (χ3v) is 4.90. The Balaban J connectivity index is 2.19. The fourth-order valence-corrected chi connectivity index (χ4v) is 3.09. The van der Waals surface area contributed by atoms with Gasteiger partial charge in [-0.2, -0.15) is 0 Å². The summed E-state index contributed by atoms with van der Waals surface area (Å²) in [4.78, 5) is 12.1. The predicted molar refractivity (Wildman–Crippen MR) is 86.2 cm³/mol. The van der Waals surface area contributed by atoms with Crippen molar-refractivity contribution >= 4 is 21.6 Å². The van der Waals surface area contributed by atoms with Crippen molar-refractivity contribution < 1.29 is 17.6 Å². The Morgan fingerprint density at radius 2 is 1.87 bits per heavy atom. The highest BCUT2D eigenvalue weighted by Crippen LogP contribution is 2.20. The van der Waals surface area contributed by atoms with E-state index in [1.807, 2.05) is 0 Å². The highest BCUT2D eigenvalue weighted by molar-refractivity contribution is 7.89. The van der Waals surface area contributed by atoms with Gasteiger partial charge in [0.25, 0.3) is 0 Å². The molecule has 0 aliphatic heterocycles. The van der Waals surface area contributed by atoms with E-state index >= 15 is 0 Å². The topological polar surface area (TPSA) is 75.3 Å². The van der Waals surface area contributed by atoms with E-state index in [1.54, 1.807) is 31.2 Å². The van der Waals surface area contributed by atoms with E-state index < -0.39 is 21.7 Å². The van der Waals surface area contributed by atoms with Crippen molar-refractivity contribution in [3.05, 3.63) is 59.4 Å². The van der Waals surface area contributed by atoms with Gasteiger partial charge in [-0.15, -0.1) is 0 Å². The highest BCUT2D eigenvalue weighted by Gasteiger charge is 2.16. The van der Waals surface area contributed by atoms with E-state index in [0.717, 1.165) is 0 Å². The molecule has 2 aromatic rings. The highest BCUT2D eigenvalue weighted by atomic mass is 32.2. The van der Waals surface area contributed by atoms with Gasteiger partial charge in [0.15, 0.2) is 0 Å². The number of hydrogen-bond acceptors (Lipinski definition) is 3. The number of sulfonamides is 1. The lowest BCUT2D eigenvalue weighted by atomic mass is 10.1. The van der Waals surface area contributed by atoms with Gasteiger partial charge >= 0.3 is 0 Å². The van der Waals surface area contributed by atoms with Crippen LogP contribution < -0.4 is 10.0 Å². The molecule has 2 N–H and O–H groups in total. The van der Waals surface area contributed by atoms with Crippen molar-refractivity contribution in [2.24, 2.45) is 0 Å². The zero-order valence-electron chi connectivity index (χ0n) is 12.8. The van der Waals surface area contributed by atoms with Crippen LogP contribution in [-0.4, -0.2) is 21.4 Å². The van der Waals surface area contributed by atoms with Gasteiger partial charge < -0.3 is 5.32 Å². The van der Waals surface area contributed by atoms with Gasteiger partial charge in [-0.3, -0.25) is 4.79 Å². The van der Waals surface area contributed by atoms with E-state index in [9.17, 15) is 17.6 Å². The standard InChI is InChI=1S/C16H17FN2O3S/c1-11-7-8-13(10-15(11)23(21,22)18-2)19-16(20)9-12-5-3-4-6-14(12)17/h3-8,10,18H,9H2,1-2H3,(H,19,20). The molecular formula is C16H17FN2O3S. The van der Waals surface area contributed by atoms with Crippen molar-refractivity contribution in [2.45, 2.75) is 18.2 Å². The van der Waals surface area contributed by atoms with Crippen LogP contribution in [-0.2, 0) is 21.2 Å². The number of hydrogen-bond donors (Lipinski definition) is 2. The van der Waals surface area contributed by atoms with Crippen LogP contribution in [0.15, 0.2) is 47.4 Å². The van der Waals surface area contributed by atoms with E-state index in [1.165, 1.54) is 25.2 Å². The van der Waals surface area contributed by atoms with Crippen molar-refractivity contribution in [3.63, 3.8) is 0 Å². The molecule has 7 heteroatoms. The number of amides is 1. The van der Waals surface area contributed by atoms with Gasteiger partial charge in [0.2, 0.25) is 15.9 Å².